The Kier molecular flexibility index (Phi) is 6.09. The van der Waals surface area contributed by atoms with E-state index in [1.165, 1.54) is 11.6 Å². The van der Waals surface area contributed by atoms with E-state index in [0.717, 1.165) is 54.0 Å². The normalized spacial score (nSPS) is 14.2. The topological polar surface area (TPSA) is 66.1 Å². The standard InChI is InChI=1S/C25H26FN5O/c26-19-14-21(20-7-9-28-22(20)15-19)23-16-25(31-10-12-32-13-11-31)30-24(29-23)17-27-8-6-18-4-2-1-3-5-18/h1-5,7,9,14-16,27-28H,6,8,10-13,17H2. The van der Waals surface area contributed by atoms with Crippen molar-refractivity contribution >= 4 is 16.7 Å². The van der Waals surface area contributed by atoms with Crippen molar-refractivity contribution in [2.75, 3.05) is 37.7 Å². The van der Waals surface area contributed by atoms with Gasteiger partial charge in [-0.2, -0.15) is 0 Å². The number of nitrogens with one attached hydrogen (secondary N) is 2. The third-order valence-corrected chi connectivity index (χ3v) is 5.72. The lowest BCUT2D eigenvalue weighted by molar-refractivity contribution is 0.122. The molecule has 2 aromatic heterocycles. The van der Waals surface area contributed by atoms with E-state index in [1.54, 1.807) is 6.07 Å². The Balaban J connectivity index is 1.42. The molecule has 4 aromatic rings. The summed E-state index contributed by atoms with van der Waals surface area (Å²) in [6.45, 7) is 4.27. The zero-order valence-electron chi connectivity index (χ0n) is 17.9. The molecule has 0 saturated carbocycles. The van der Waals surface area contributed by atoms with Crippen LogP contribution in [0, 0.1) is 5.82 Å². The highest BCUT2D eigenvalue weighted by molar-refractivity contribution is 5.94. The molecule has 2 aromatic carbocycles. The number of aromatic nitrogens is 3. The van der Waals surface area contributed by atoms with Gasteiger partial charge in [0, 0.05) is 41.8 Å². The quantitative estimate of drug-likeness (QED) is 0.434. The molecule has 0 amide bonds. The molecule has 6 nitrogen and oxygen atoms in total. The lowest BCUT2D eigenvalue weighted by Gasteiger charge is -2.28. The fourth-order valence-corrected chi connectivity index (χ4v) is 4.08. The fraction of sp³-hybridized carbons (Fsp3) is 0.280. The van der Waals surface area contributed by atoms with Crippen LogP contribution in [0.25, 0.3) is 22.2 Å². The first-order chi connectivity index (χ1) is 15.8. The first kappa shape index (κ1) is 20.6. The summed E-state index contributed by atoms with van der Waals surface area (Å²) in [7, 11) is 0. The van der Waals surface area contributed by atoms with Crippen LogP contribution in [0.2, 0.25) is 0 Å². The van der Waals surface area contributed by atoms with E-state index in [0.29, 0.717) is 25.6 Å². The number of hydrogen-bond donors (Lipinski definition) is 2. The Morgan fingerprint density at radius 2 is 1.88 bits per heavy atom. The predicted octanol–water partition coefficient (Wildman–Crippen LogP) is 3.93. The number of hydrogen-bond acceptors (Lipinski definition) is 5. The van der Waals surface area contributed by atoms with Crippen molar-refractivity contribution in [1.82, 2.24) is 20.3 Å². The molecule has 0 radical (unpaired) electrons. The van der Waals surface area contributed by atoms with E-state index < -0.39 is 0 Å². The van der Waals surface area contributed by atoms with Gasteiger partial charge in [-0.3, -0.25) is 0 Å². The summed E-state index contributed by atoms with van der Waals surface area (Å²) in [6.07, 6.45) is 2.76. The smallest absolute Gasteiger partial charge is 0.145 e. The van der Waals surface area contributed by atoms with E-state index in [4.69, 9.17) is 14.7 Å². The number of benzene rings is 2. The second kappa shape index (κ2) is 9.46. The fourth-order valence-electron chi connectivity index (χ4n) is 4.08. The Labute approximate surface area is 186 Å². The molecule has 5 rings (SSSR count). The molecule has 32 heavy (non-hydrogen) atoms. The van der Waals surface area contributed by atoms with E-state index in [9.17, 15) is 4.39 Å². The summed E-state index contributed by atoms with van der Waals surface area (Å²) < 4.78 is 19.8. The molecule has 0 bridgehead atoms. The van der Waals surface area contributed by atoms with Gasteiger partial charge >= 0.3 is 0 Å². The van der Waals surface area contributed by atoms with Crippen molar-refractivity contribution in [3.8, 4) is 11.3 Å². The van der Waals surface area contributed by atoms with Gasteiger partial charge in [0.2, 0.25) is 0 Å². The van der Waals surface area contributed by atoms with Gasteiger partial charge in [0.05, 0.1) is 25.5 Å². The molecule has 1 aliphatic rings. The Morgan fingerprint density at radius 1 is 1.03 bits per heavy atom. The minimum Gasteiger partial charge on any atom is -0.378 e. The number of halogens is 1. The summed E-state index contributed by atoms with van der Waals surface area (Å²) in [5.41, 5.74) is 3.54. The minimum absolute atomic E-state index is 0.288. The molecule has 3 heterocycles. The summed E-state index contributed by atoms with van der Waals surface area (Å²) in [4.78, 5) is 14.9. The van der Waals surface area contributed by atoms with Gasteiger partial charge in [-0.25, -0.2) is 14.4 Å². The van der Waals surface area contributed by atoms with Crippen LogP contribution >= 0.6 is 0 Å². The van der Waals surface area contributed by atoms with Crippen molar-refractivity contribution < 1.29 is 9.13 Å². The number of ether oxygens (including phenoxy) is 1. The van der Waals surface area contributed by atoms with Crippen LogP contribution in [-0.4, -0.2) is 47.8 Å². The van der Waals surface area contributed by atoms with Gasteiger partial charge < -0.3 is 19.9 Å². The average molecular weight is 432 g/mol. The van der Waals surface area contributed by atoms with E-state index >= 15 is 0 Å². The maximum atomic E-state index is 14.3. The zero-order chi connectivity index (χ0) is 21.8. The molecule has 2 N–H and O–H groups in total. The monoisotopic (exact) mass is 431 g/mol. The van der Waals surface area contributed by atoms with Crippen LogP contribution < -0.4 is 10.2 Å². The molecule has 0 aliphatic carbocycles. The molecule has 0 spiro atoms. The maximum absolute atomic E-state index is 14.3. The highest BCUT2D eigenvalue weighted by atomic mass is 19.1. The number of fused-ring (bicyclic) bond motifs is 1. The van der Waals surface area contributed by atoms with Crippen LogP contribution in [0.5, 0.6) is 0 Å². The van der Waals surface area contributed by atoms with Crippen molar-refractivity contribution in [1.29, 1.82) is 0 Å². The number of H-pyrrole nitrogens is 1. The van der Waals surface area contributed by atoms with Gasteiger partial charge in [-0.1, -0.05) is 30.3 Å². The molecule has 1 aliphatic heterocycles. The second-order valence-corrected chi connectivity index (χ2v) is 7.93. The number of aromatic amines is 1. The minimum atomic E-state index is -0.288. The largest absolute Gasteiger partial charge is 0.378 e. The molecular formula is C25H26FN5O. The van der Waals surface area contributed by atoms with Crippen LogP contribution in [0.1, 0.15) is 11.4 Å². The summed E-state index contributed by atoms with van der Waals surface area (Å²) in [6, 6.07) is 17.4. The van der Waals surface area contributed by atoms with Gasteiger partial charge in [-0.15, -0.1) is 0 Å². The van der Waals surface area contributed by atoms with Crippen LogP contribution in [0.3, 0.4) is 0 Å². The van der Waals surface area contributed by atoms with Crippen molar-refractivity contribution in [3.63, 3.8) is 0 Å². The number of morpholine rings is 1. The third kappa shape index (κ3) is 4.64. The highest BCUT2D eigenvalue weighted by Crippen LogP contribution is 2.30. The second-order valence-electron chi connectivity index (χ2n) is 7.93. The lowest BCUT2D eigenvalue weighted by atomic mass is 10.1. The summed E-state index contributed by atoms with van der Waals surface area (Å²) in [5.74, 6) is 1.26. The summed E-state index contributed by atoms with van der Waals surface area (Å²) >= 11 is 0. The Hall–Kier alpha value is -3.29. The van der Waals surface area contributed by atoms with Gasteiger partial charge in [-0.05, 0) is 36.7 Å². The number of nitrogens with zero attached hydrogens (tertiary/aromatic N) is 3. The molecule has 7 heteroatoms. The third-order valence-electron chi connectivity index (χ3n) is 5.72. The Bertz CT molecular complexity index is 1190. The number of rotatable bonds is 7. The van der Waals surface area contributed by atoms with Gasteiger partial charge in [0.1, 0.15) is 17.5 Å². The van der Waals surface area contributed by atoms with E-state index in [2.05, 4.69) is 39.5 Å². The molecule has 0 unspecified atom stereocenters. The van der Waals surface area contributed by atoms with Crippen molar-refractivity contribution in [3.05, 3.63) is 78.0 Å². The molecule has 164 valence electrons. The van der Waals surface area contributed by atoms with E-state index in [-0.39, 0.29) is 5.82 Å². The molecule has 1 saturated heterocycles. The molecule has 1 fully saturated rings. The summed E-state index contributed by atoms with van der Waals surface area (Å²) in [5, 5.41) is 4.40. The molecule has 0 atom stereocenters. The van der Waals surface area contributed by atoms with Crippen LogP contribution in [0.15, 0.2) is 60.8 Å². The van der Waals surface area contributed by atoms with Gasteiger partial charge in [0.15, 0.2) is 0 Å². The SMILES string of the molecule is Fc1cc(-c2cc(N3CCOCC3)nc(CNCCc3ccccc3)n2)c2cc[nH]c2c1. The first-order valence-corrected chi connectivity index (χ1v) is 11.0. The van der Waals surface area contributed by atoms with E-state index in [1.807, 2.05) is 24.4 Å². The zero-order valence-corrected chi connectivity index (χ0v) is 17.9. The van der Waals surface area contributed by atoms with Crippen LogP contribution in [0.4, 0.5) is 10.2 Å². The highest BCUT2D eigenvalue weighted by Gasteiger charge is 2.17. The molecular weight excluding hydrogens is 405 g/mol. The van der Waals surface area contributed by atoms with Crippen molar-refractivity contribution in [2.24, 2.45) is 0 Å². The van der Waals surface area contributed by atoms with Crippen molar-refractivity contribution in [2.45, 2.75) is 13.0 Å². The number of anilines is 1. The lowest BCUT2D eigenvalue weighted by Crippen LogP contribution is -2.37. The average Bonchev–Trinajstić information content (AvgIpc) is 3.31. The Morgan fingerprint density at radius 3 is 2.72 bits per heavy atom. The van der Waals surface area contributed by atoms with Gasteiger partial charge in [0.25, 0.3) is 0 Å². The van der Waals surface area contributed by atoms with Crippen LogP contribution in [-0.2, 0) is 17.7 Å². The first-order valence-electron chi connectivity index (χ1n) is 11.0. The predicted molar refractivity (Wildman–Crippen MR) is 124 cm³/mol. The maximum Gasteiger partial charge on any atom is 0.145 e.